The number of halogens is 4. The fourth-order valence-corrected chi connectivity index (χ4v) is 10.7. The molecular formula is C55H57ClF3N9O8. The molecule has 0 saturated carbocycles. The maximum absolute atomic E-state index is 13.9. The van der Waals surface area contributed by atoms with Crippen LogP contribution in [0.1, 0.15) is 75.1 Å². The van der Waals surface area contributed by atoms with Gasteiger partial charge in [-0.1, -0.05) is 48.0 Å². The van der Waals surface area contributed by atoms with Crippen LogP contribution in [-0.4, -0.2) is 142 Å². The minimum absolute atomic E-state index is 0.00727. The van der Waals surface area contributed by atoms with Gasteiger partial charge in [-0.25, -0.2) is 4.98 Å². The molecule has 0 aliphatic carbocycles. The molecule has 0 bridgehead atoms. The number of likely N-dealkylation sites (tertiary alicyclic amines) is 1. The number of fused-ring (bicyclic) bond motifs is 2. The molecule has 17 nitrogen and oxygen atoms in total. The van der Waals surface area contributed by atoms with Crippen LogP contribution in [0.3, 0.4) is 0 Å². The first-order chi connectivity index (χ1) is 36.7. The highest BCUT2D eigenvalue weighted by Gasteiger charge is 2.45. The van der Waals surface area contributed by atoms with Crippen LogP contribution in [0, 0.1) is 5.92 Å². The van der Waals surface area contributed by atoms with Crippen molar-refractivity contribution in [1.29, 1.82) is 0 Å². The minimum atomic E-state index is -4.50. The number of piperidine rings is 2. The highest BCUT2D eigenvalue weighted by Crippen LogP contribution is 2.33. The Morgan fingerprint density at radius 1 is 0.750 bits per heavy atom. The Bertz CT molecular complexity index is 3200. The quantitative estimate of drug-likeness (QED) is 0.0621. The summed E-state index contributed by atoms with van der Waals surface area (Å²) < 4.78 is 52.9. The fourth-order valence-electron chi connectivity index (χ4n) is 10.6. The number of amides is 5. The third-order valence-corrected chi connectivity index (χ3v) is 15.0. The Hall–Kier alpha value is -7.13. The van der Waals surface area contributed by atoms with Crippen LogP contribution >= 0.6 is 11.6 Å². The van der Waals surface area contributed by atoms with Crippen molar-refractivity contribution in [2.24, 2.45) is 5.92 Å². The number of imidazole rings is 1. The van der Waals surface area contributed by atoms with Crippen LogP contribution in [0.2, 0.25) is 5.02 Å². The van der Waals surface area contributed by atoms with Crippen LogP contribution in [0.25, 0.3) is 28.2 Å². The minimum Gasteiger partial charge on any atom is -0.379 e. The van der Waals surface area contributed by atoms with Gasteiger partial charge < -0.3 is 24.3 Å². The summed E-state index contributed by atoms with van der Waals surface area (Å²) in [4.78, 5) is 92.6. The third-order valence-electron chi connectivity index (χ3n) is 14.8. The SMILES string of the molecule is O=C1CCC(N2C(=O)c3ccc(N4CCN(CC5CCN(C(=O)COCCOCCCc6ccc(CCc7c(-c8ccc(C(F)(F)F)cc8)[nH]n(-c8nc9ccc(Cl)cc9[nH]8)c7=O)cc6)CC5)CC4)cc3C2=O)C(=O)N1. The monoisotopic (exact) mass is 1060 g/mol. The standard InChI is InChI=1S/C55H57ClF3N9O8/c56-39-12-16-44-45(30-39)61-54(60-44)68-53(74)42(49(63-68)37-8-10-38(11-9-37)55(57,58)59)14-7-35-5-3-34(4-6-35)2-1-27-75-28-29-76-33-48(70)66-21-19-36(20-22-66)32-64-23-25-65(26-24-64)40-13-15-41-43(31-40)52(73)67(51(41)72)46-17-18-47(69)62-50(46)71/h3-6,8-13,15-16,30-31,36,46,63H,1-2,7,14,17-29,32-33H2,(H,60,61)(H,62,69,71). The third kappa shape index (κ3) is 11.6. The number of aromatic amines is 2. The molecule has 4 aliphatic rings. The number of ether oxygens (including phenoxy) is 2. The number of rotatable bonds is 18. The Labute approximate surface area is 440 Å². The Morgan fingerprint density at radius 3 is 2.18 bits per heavy atom. The Morgan fingerprint density at radius 2 is 1.46 bits per heavy atom. The summed E-state index contributed by atoms with van der Waals surface area (Å²) in [5, 5.41) is 5.82. The average Bonchev–Trinajstić information content (AvgIpc) is 4.08. The summed E-state index contributed by atoms with van der Waals surface area (Å²) in [6, 6.07) is 22.2. The number of piperazine rings is 1. The molecule has 0 radical (unpaired) electrons. The van der Waals surface area contributed by atoms with E-state index in [2.05, 4.69) is 30.2 Å². The summed E-state index contributed by atoms with van der Waals surface area (Å²) in [7, 11) is 0. The van der Waals surface area contributed by atoms with Crippen LogP contribution in [0.15, 0.2) is 89.7 Å². The van der Waals surface area contributed by atoms with E-state index in [4.69, 9.17) is 21.1 Å². The van der Waals surface area contributed by atoms with Crippen molar-refractivity contribution < 1.29 is 46.6 Å². The number of aromatic nitrogens is 4. The number of anilines is 1. The summed E-state index contributed by atoms with van der Waals surface area (Å²) in [6.07, 6.45) is -0.0874. The largest absolute Gasteiger partial charge is 0.416 e. The first-order valence-electron chi connectivity index (χ1n) is 25.7. The molecular weight excluding hydrogens is 1010 g/mol. The average molecular weight is 1060 g/mol. The summed E-state index contributed by atoms with van der Waals surface area (Å²) in [5.74, 6) is -1.39. The molecule has 6 heterocycles. The lowest BCUT2D eigenvalue weighted by Crippen LogP contribution is -2.54. The number of hydrogen-bond donors (Lipinski definition) is 3. The van der Waals surface area contributed by atoms with Gasteiger partial charge in [-0.05, 0) is 116 Å². The van der Waals surface area contributed by atoms with Gasteiger partial charge >= 0.3 is 6.18 Å². The van der Waals surface area contributed by atoms with E-state index in [-0.39, 0.29) is 48.0 Å². The zero-order chi connectivity index (χ0) is 53.1. The van der Waals surface area contributed by atoms with E-state index in [0.717, 1.165) is 92.3 Å². The second-order valence-electron chi connectivity index (χ2n) is 19.8. The number of carbonyl (C=O) groups excluding carboxylic acids is 5. The zero-order valence-corrected chi connectivity index (χ0v) is 42.4. The molecule has 4 aromatic carbocycles. The predicted octanol–water partition coefficient (Wildman–Crippen LogP) is 6.59. The number of H-pyrrole nitrogens is 2. The van der Waals surface area contributed by atoms with Crippen molar-refractivity contribution in [3.05, 3.63) is 134 Å². The molecule has 3 N–H and O–H groups in total. The lowest BCUT2D eigenvalue weighted by Gasteiger charge is -2.39. The smallest absolute Gasteiger partial charge is 0.379 e. The van der Waals surface area contributed by atoms with E-state index >= 15 is 0 Å². The van der Waals surface area contributed by atoms with Crippen molar-refractivity contribution in [1.82, 2.24) is 39.8 Å². The molecule has 2 aromatic heterocycles. The predicted molar refractivity (Wildman–Crippen MR) is 276 cm³/mol. The van der Waals surface area contributed by atoms with E-state index in [1.807, 2.05) is 35.2 Å². The van der Waals surface area contributed by atoms with Crippen LogP contribution in [-0.2, 0) is 49.3 Å². The van der Waals surface area contributed by atoms with Gasteiger partial charge in [-0.3, -0.25) is 49.0 Å². The Balaban J connectivity index is 0.606. The molecule has 3 saturated heterocycles. The maximum Gasteiger partial charge on any atom is 0.416 e. The van der Waals surface area contributed by atoms with Crippen molar-refractivity contribution in [3.8, 4) is 17.2 Å². The molecule has 10 rings (SSSR count). The first-order valence-corrected chi connectivity index (χ1v) is 26.1. The van der Waals surface area contributed by atoms with Gasteiger partial charge in [0, 0.05) is 75.1 Å². The van der Waals surface area contributed by atoms with Crippen LogP contribution in [0.4, 0.5) is 18.9 Å². The number of hydrogen-bond acceptors (Lipinski definition) is 11. The maximum atomic E-state index is 13.9. The molecule has 5 amide bonds. The fraction of sp³-hybridized carbons (Fsp3) is 0.400. The second kappa shape index (κ2) is 22.6. The van der Waals surface area contributed by atoms with Crippen molar-refractivity contribution >= 4 is 57.9 Å². The normalized spacial score (nSPS) is 17.8. The number of aryl methyl sites for hydroxylation is 2. The Kier molecular flexibility index (Phi) is 15.6. The zero-order valence-electron chi connectivity index (χ0n) is 41.6. The van der Waals surface area contributed by atoms with Gasteiger partial charge in [0.25, 0.3) is 17.4 Å². The van der Waals surface area contributed by atoms with Crippen LogP contribution in [0.5, 0.6) is 0 Å². The molecule has 6 aromatic rings. The van der Waals surface area contributed by atoms with E-state index < -0.39 is 41.4 Å². The summed E-state index contributed by atoms with van der Waals surface area (Å²) in [5.41, 5.74) is 4.83. The van der Waals surface area contributed by atoms with Crippen molar-refractivity contribution in [3.63, 3.8) is 0 Å². The number of imide groups is 2. The van der Waals surface area contributed by atoms with Gasteiger partial charge in [0.1, 0.15) is 12.6 Å². The van der Waals surface area contributed by atoms with Crippen molar-refractivity contribution in [2.75, 3.05) is 77.1 Å². The van der Waals surface area contributed by atoms with Gasteiger partial charge in [-0.2, -0.15) is 17.9 Å². The van der Waals surface area contributed by atoms with E-state index in [1.54, 1.807) is 30.3 Å². The van der Waals surface area contributed by atoms with Gasteiger partial charge in [-0.15, -0.1) is 0 Å². The second-order valence-corrected chi connectivity index (χ2v) is 20.2. The van der Waals surface area contributed by atoms with E-state index in [9.17, 15) is 41.9 Å². The molecule has 0 spiro atoms. The topological polar surface area (TPSA) is 195 Å². The van der Waals surface area contributed by atoms with Gasteiger partial charge in [0.2, 0.25) is 23.7 Å². The number of carbonyl (C=O) groups is 5. The molecule has 1 unspecified atom stereocenters. The molecule has 76 heavy (non-hydrogen) atoms. The summed E-state index contributed by atoms with van der Waals surface area (Å²) in [6.45, 7) is 6.70. The number of alkyl halides is 3. The lowest BCUT2D eigenvalue weighted by atomic mass is 9.96. The highest BCUT2D eigenvalue weighted by molar-refractivity contribution is 6.31. The summed E-state index contributed by atoms with van der Waals surface area (Å²) >= 11 is 6.16. The molecule has 398 valence electrons. The highest BCUT2D eigenvalue weighted by atomic mass is 35.5. The van der Waals surface area contributed by atoms with Crippen molar-refractivity contribution in [2.45, 2.75) is 63.6 Å². The van der Waals surface area contributed by atoms with Gasteiger partial charge in [0.05, 0.1) is 46.6 Å². The molecule has 3 fully saturated rings. The molecule has 21 heteroatoms. The molecule has 4 aliphatic heterocycles. The molecule has 1 atom stereocenters. The van der Waals surface area contributed by atoms with E-state index in [0.29, 0.717) is 84.5 Å². The lowest BCUT2D eigenvalue weighted by molar-refractivity contribution is -0.138. The van der Waals surface area contributed by atoms with E-state index in [1.165, 1.54) is 16.8 Å². The van der Waals surface area contributed by atoms with Crippen LogP contribution < -0.4 is 15.8 Å². The van der Waals surface area contributed by atoms with Gasteiger partial charge in [0.15, 0.2) is 0 Å². The number of benzene rings is 4. The number of nitrogens with one attached hydrogen (secondary N) is 3. The first kappa shape index (κ1) is 52.3. The number of nitrogens with zero attached hydrogens (tertiary/aromatic N) is 6.